The van der Waals surface area contributed by atoms with Crippen LogP contribution in [0.25, 0.3) is 22.5 Å². The largest absolute Gasteiger partial charge is 0.508 e. The minimum absolute atomic E-state index is 0.0834. The summed E-state index contributed by atoms with van der Waals surface area (Å²) in [6.45, 7) is 6.78. The Morgan fingerprint density at radius 1 is 1.05 bits per heavy atom. The van der Waals surface area contributed by atoms with Gasteiger partial charge in [0, 0.05) is 12.1 Å². The summed E-state index contributed by atoms with van der Waals surface area (Å²) in [6.07, 6.45) is 0.227. The number of carbonyl (C=O) groups is 2. The van der Waals surface area contributed by atoms with Gasteiger partial charge in [-0.1, -0.05) is 61.9 Å². The van der Waals surface area contributed by atoms with Crippen molar-refractivity contribution in [2.45, 2.75) is 58.3 Å². The van der Waals surface area contributed by atoms with Crippen LogP contribution in [0.4, 0.5) is 4.79 Å². The van der Waals surface area contributed by atoms with Crippen molar-refractivity contribution in [1.82, 2.24) is 30.8 Å². The number of rotatable bonds is 11. The fourth-order valence-electron chi connectivity index (χ4n) is 4.92. The Balaban J connectivity index is 1.70. The first kappa shape index (κ1) is 28.6. The first-order valence-electron chi connectivity index (χ1n) is 13.1. The predicted molar refractivity (Wildman–Crippen MR) is 145 cm³/mol. The molecule has 0 saturated heterocycles. The highest BCUT2D eigenvalue weighted by Gasteiger charge is 2.50. The van der Waals surface area contributed by atoms with Gasteiger partial charge in [0.15, 0.2) is 0 Å². The second-order valence-electron chi connectivity index (χ2n) is 10.0. The van der Waals surface area contributed by atoms with Crippen molar-refractivity contribution < 1.29 is 29.3 Å². The van der Waals surface area contributed by atoms with Crippen LogP contribution in [0.1, 0.15) is 46.1 Å². The number of aliphatic hydroxyl groups is 1. The summed E-state index contributed by atoms with van der Waals surface area (Å²) in [5.41, 5.74) is 0.915. The first-order valence-corrected chi connectivity index (χ1v) is 13.1. The minimum Gasteiger partial charge on any atom is -0.477 e. The maximum Gasteiger partial charge on any atom is 0.508 e. The van der Waals surface area contributed by atoms with Gasteiger partial charge in [-0.3, -0.25) is 0 Å². The monoisotopic (exact) mass is 550 g/mol. The van der Waals surface area contributed by atoms with Gasteiger partial charge in [-0.2, -0.15) is 5.21 Å². The average Bonchev–Trinajstić information content (AvgIpc) is 3.56. The Bertz CT molecular complexity index is 1370. The molecule has 1 aliphatic heterocycles. The maximum atomic E-state index is 12.6. The molecule has 1 aliphatic rings. The fourth-order valence-corrected chi connectivity index (χ4v) is 4.92. The molecule has 1 aromatic heterocycles. The number of benzene rings is 2. The number of nitrogens with one attached hydrogen (secondary N) is 2. The number of ether oxygens (including phenoxy) is 2. The van der Waals surface area contributed by atoms with Gasteiger partial charge in [0.05, 0.1) is 12.3 Å². The van der Waals surface area contributed by atoms with E-state index < -0.39 is 23.4 Å². The van der Waals surface area contributed by atoms with Crippen molar-refractivity contribution in [3.63, 3.8) is 0 Å². The molecule has 1 atom stereocenters. The van der Waals surface area contributed by atoms with Crippen LogP contribution in [0, 0.1) is 0 Å². The third-order valence-corrected chi connectivity index (χ3v) is 6.67. The number of aliphatic carboxylic acids is 1. The summed E-state index contributed by atoms with van der Waals surface area (Å²) >= 11 is 0. The van der Waals surface area contributed by atoms with E-state index in [1.165, 1.54) is 13.8 Å². The molecule has 1 unspecified atom stereocenters. The molecule has 0 saturated carbocycles. The third kappa shape index (κ3) is 5.91. The van der Waals surface area contributed by atoms with Crippen LogP contribution in [0.2, 0.25) is 0 Å². The molecule has 12 nitrogen and oxygen atoms in total. The second-order valence-corrected chi connectivity index (χ2v) is 10.0. The molecule has 2 aromatic carbocycles. The van der Waals surface area contributed by atoms with Crippen LogP contribution < -0.4 is 5.32 Å². The lowest BCUT2D eigenvalue weighted by molar-refractivity contribution is -0.135. The SMILES string of the molecule is CCCC1(COC(=O)OCC)NC(C(C)(C)O)=C(C(=O)O)N1Cc1ccc(-c2ccccc2-c2nn[nH]n2)cc1. The molecule has 3 aromatic rings. The zero-order chi connectivity index (χ0) is 28.9. The summed E-state index contributed by atoms with van der Waals surface area (Å²) in [4.78, 5) is 26.3. The Kier molecular flexibility index (Phi) is 8.38. The summed E-state index contributed by atoms with van der Waals surface area (Å²) in [7, 11) is 0. The highest BCUT2D eigenvalue weighted by atomic mass is 16.7. The molecular weight excluding hydrogens is 516 g/mol. The number of tetrazole rings is 1. The van der Waals surface area contributed by atoms with Crippen molar-refractivity contribution >= 4 is 12.1 Å². The van der Waals surface area contributed by atoms with Gasteiger partial charge in [0.25, 0.3) is 0 Å². The Morgan fingerprint density at radius 3 is 2.33 bits per heavy atom. The fraction of sp³-hybridized carbons (Fsp3) is 0.393. The van der Waals surface area contributed by atoms with Crippen molar-refractivity contribution in [1.29, 1.82) is 0 Å². The van der Waals surface area contributed by atoms with Gasteiger partial charge >= 0.3 is 12.1 Å². The molecule has 0 spiro atoms. The van der Waals surface area contributed by atoms with Crippen molar-refractivity contribution in [3.8, 4) is 22.5 Å². The number of hydrogen-bond donors (Lipinski definition) is 4. The van der Waals surface area contributed by atoms with E-state index in [9.17, 15) is 19.8 Å². The number of H-pyrrole nitrogens is 1. The van der Waals surface area contributed by atoms with Gasteiger partial charge in [0.1, 0.15) is 23.6 Å². The van der Waals surface area contributed by atoms with E-state index in [-0.39, 0.29) is 31.2 Å². The average molecular weight is 551 g/mol. The van der Waals surface area contributed by atoms with E-state index in [2.05, 4.69) is 25.9 Å². The first-order chi connectivity index (χ1) is 19.1. The quantitative estimate of drug-likeness (QED) is 0.258. The number of carboxylic acid groups (broad SMARTS) is 1. The smallest absolute Gasteiger partial charge is 0.477 e. The number of carboxylic acids is 1. The lowest BCUT2D eigenvalue weighted by Gasteiger charge is -2.40. The molecule has 212 valence electrons. The molecular formula is C28H34N6O6. The van der Waals surface area contributed by atoms with Crippen LogP contribution in [-0.4, -0.2) is 72.3 Å². The molecule has 4 N–H and O–H groups in total. The van der Waals surface area contributed by atoms with Gasteiger partial charge in [0.2, 0.25) is 5.82 Å². The number of aromatic nitrogens is 4. The highest BCUT2D eigenvalue weighted by molar-refractivity contribution is 5.88. The molecule has 0 fully saturated rings. The Labute approximate surface area is 232 Å². The minimum atomic E-state index is -1.49. The predicted octanol–water partition coefficient (Wildman–Crippen LogP) is 3.68. The standard InChI is InChI=1S/C28H34N6O6/c1-5-15-28(17-40-26(37)39-6-2)29-23(27(3,4)38)22(25(35)36)34(28)16-18-11-13-19(14-12-18)20-9-7-8-10-21(20)24-30-32-33-31-24/h7-14,29,38H,5-6,15-17H2,1-4H3,(H,35,36)(H,30,31,32,33). The summed E-state index contributed by atoms with van der Waals surface area (Å²) in [5.74, 6) is -0.728. The Morgan fingerprint density at radius 2 is 1.75 bits per heavy atom. The van der Waals surface area contributed by atoms with Crippen molar-refractivity contribution in [2.24, 2.45) is 0 Å². The van der Waals surface area contributed by atoms with E-state index >= 15 is 0 Å². The molecule has 4 rings (SSSR count). The molecule has 0 aliphatic carbocycles. The van der Waals surface area contributed by atoms with E-state index in [4.69, 9.17) is 9.47 Å². The molecule has 40 heavy (non-hydrogen) atoms. The van der Waals surface area contributed by atoms with E-state index in [1.807, 2.05) is 55.5 Å². The summed E-state index contributed by atoms with van der Waals surface area (Å²) < 4.78 is 10.4. The molecule has 0 radical (unpaired) electrons. The van der Waals surface area contributed by atoms with Crippen molar-refractivity contribution in [3.05, 3.63) is 65.5 Å². The third-order valence-electron chi connectivity index (χ3n) is 6.67. The van der Waals surface area contributed by atoms with E-state index in [1.54, 1.807) is 11.8 Å². The topological polar surface area (TPSA) is 163 Å². The molecule has 0 amide bonds. The number of aromatic amines is 1. The Hall–Kier alpha value is -4.45. The van der Waals surface area contributed by atoms with Crippen LogP contribution >= 0.6 is 0 Å². The van der Waals surface area contributed by atoms with E-state index in [0.29, 0.717) is 18.7 Å². The van der Waals surface area contributed by atoms with Crippen LogP contribution in [0.3, 0.4) is 0 Å². The van der Waals surface area contributed by atoms with Crippen LogP contribution in [-0.2, 0) is 20.8 Å². The lowest BCUT2D eigenvalue weighted by atomic mass is 9.97. The second kappa shape index (κ2) is 11.7. The maximum absolute atomic E-state index is 12.6. The summed E-state index contributed by atoms with van der Waals surface area (Å²) in [6, 6.07) is 15.4. The van der Waals surface area contributed by atoms with Gasteiger partial charge in [-0.15, -0.1) is 10.2 Å². The summed E-state index contributed by atoms with van der Waals surface area (Å²) in [5, 5.41) is 38.7. The number of hydrogen-bond acceptors (Lipinski definition) is 10. The zero-order valence-corrected chi connectivity index (χ0v) is 23.0. The van der Waals surface area contributed by atoms with Crippen LogP contribution in [0.5, 0.6) is 0 Å². The molecule has 2 heterocycles. The van der Waals surface area contributed by atoms with Gasteiger partial charge in [-0.05, 0) is 49.1 Å². The molecule has 0 bridgehead atoms. The van der Waals surface area contributed by atoms with Gasteiger partial charge < -0.3 is 29.9 Å². The number of carbonyl (C=O) groups excluding carboxylic acids is 1. The normalized spacial score (nSPS) is 17.1. The van der Waals surface area contributed by atoms with Crippen molar-refractivity contribution in [2.75, 3.05) is 13.2 Å². The highest BCUT2D eigenvalue weighted by Crippen LogP contribution is 2.39. The van der Waals surface area contributed by atoms with Crippen LogP contribution in [0.15, 0.2) is 59.9 Å². The molecule has 12 heteroatoms. The number of nitrogens with zero attached hydrogens (tertiary/aromatic N) is 4. The zero-order valence-electron chi connectivity index (χ0n) is 23.0. The lowest BCUT2D eigenvalue weighted by Crippen LogP contribution is -2.57. The van der Waals surface area contributed by atoms with Gasteiger partial charge in [-0.25, -0.2) is 9.59 Å². The van der Waals surface area contributed by atoms with E-state index in [0.717, 1.165) is 22.3 Å².